The van der Waals surface area contributed by atoms with Gasteiger partial charge < -0.3 is 4.42 Å². The highest BCUT2D eigenvalue weighted by Gasteiger charge is 2.33. The molecule has 2 heterocycles. The Bertz CT molecular complexity index is 778. The Kier molecular flexibility index (Phi) is 3.93. The monoisotopic (exact) mass is 358 g/mol. The van der Waals surface area contributed by atoms with E-state index in [1.165, 1.54) is 11.1 Å². The molecule has 0 bridgehead atoms. The lowest BCUT2D eigenvalue weighted by molar-refractivity contribution is -0.117. The van der Waals surface area contributed by atoms with Crippen LogP contribution in [0.15, 0.2) is 69.3 Å². The summed E-state index contributed by atoms with van der Waals surface area (Å²) in [6.45, 7) is 0. The minimum Gasteiger partial charge on any atom is -0.465 e. The number of nitrogens with zero attached hydrogens (tertiary/aromatic N) is 1. The molecular weight excluding hydrogens is 348 g/mol. The number of nitrogens with one attached hydrogen (secondary N) is 1. The zero-order valence-electron chi connectivity index (χ0n) is 11.3. The van der Waals surface area contributed by atoms with Crippen LogP contribution in [-0.2, 0) is 9.59 Å². The average molecular weight is 359 g/mol. The number of carbonyl (C=O) groups excluding carboxylic acids is 2. The number of rotatable bonds is 3. The highest BCUT2D eigenvalue weighted by molar-refractivity contribution is 9.10. The number of anilines is 1. The van der Waals surface area contributed by atoms with Crippen LogP contribution in [0.1, 0.15) is 5.76 Å². The molecule has 1 aliphatic heterocycles. The fourth-order valence-corrected chi connectivity index (χ4v) is 2.39. The van der Waals surface area contributed by atoms with Gasteiger partial charge in [0, 0.05) is 4.47 Å². The van der Waals surface area contributed by atoms with Gasteiger partial charge in [-0.15, -0.1) is 0 Å². The Labute approximate surface area is 135 Å². The summed E-state index contributed by atoms with van der Waals surface area (Å²) in [6.07, 6.45) is 6.30. The van der Waals surface area contributed by atoms with Crippen molar-refractivity contribution < 1.29 is 14.0 Å². The lowest BCUT2D eigenvalue weighted by Crippen LogP contribution is -2.35. The van der Waals surface area contributed by atoms with E-state index in [1.54, 1.807) is 48.7 Å². The number of benzene rings is 1. The van der Waals surface area contributed by atoms with E-state index in [-0.39, 0.29) is 5.57 Å². The summed E-state index contributed by atoms with van der Waals surface area (Å²) in [7, 11) is 0. The van der Waals surface area contributed by atoms with Gasteiger partial charge in [-0.3, -0.25) is 15.0 Å². The molecule has 0 aliphatic carbocycles. The van der Waals surface area contributed by atoms with E-state index < -0.39 is 11.8 Å². The number of hydrazine groups is 1. The molecule has 0 atom stereocenters. The molecule has 22 heavy (non-hydrogen) atoms. The Morgan fingerprint density at radius 3 is 2.77 bits per heavy atom. The average Bonchev–Trinajstić information content (AvgIpc) is 3.10. The van der Waals surface area contributed by atoms with Gasteiger partial charge in [0.25, 0.3) is 11.8 Å². The molecule has 0 radical (unpaired) electrons. The molecule has 1 aromatic heterocycles. The third-order valence-electron chi connectivity index (χ3n) is 3.02. The van der Waals surface area contributed by atoms with Crippen molar-refractivity contribution in [3.8, 4) is 0 Å². The van der Waals surface area contributed by atoms with E-state index in [4.69, 9.17) is 4.42 Å². The van der Waals surface area contributed by atoms with E-state index >= 15 is 0 Å². The fourth-order valence-electron chi connectivity index (χ4n) is 2.00. The van der Waals surface area contributed by atoms with E-state index in [1.807, 2.05) is 6.07 Å². The summed E-state index contributed by atoms with van der Waals surface area (Å²) in [5.41, 5.74) is 3.20. The second kappa shape index (κ2) is 6.03. The molecular formula is C16H11BrN2O3. The predicted octanol–water partition coefficient (Wildman–Crippen LogP) is 3.06. The molecule has 110 valence electrons. The topological polar surface area (TPSA) is 62.6 Å². The van der Waals surface area contributed by atoms with Crippen molar-refractivity contribution in [1.29, 1.82) is 0 Å². The van der Waals surface area contributed by atoms with Crippen molar-refractivity contribution in [2.45, 2.75) is 0 Å². The van der Waals surface area contributed by atoms with Crippen LogP contribution in [0.5, 0.6) is 0 Å². The molecule has 5 nitrogen and oxygen atoms in total. The van der Waals surface area contributed by atoms with Crippen LogP contribution in [0.4, 0.5) is 5.69 Å². The summed E-state index contributed by atoms with van der Waals surface area (Å²) in [6, 6.07) is 10.7. The molecule has 1 N–H and O–H groups in total. The number of allylic oxidation sites excluding steroid dienone is 2. The predicted molar refractivity (Wildman–Crippen MR) is 85.6 cm³/mol. The van der Waals surface area contributed by atoms with Crippen LogP contribution in [0.3, 0.4) is 0 Å². The van der Waals surface area contributed by atoms with Crippen molar-refractivity contribution in [2.75, 3.05) is 5.01 Å². The first kappa shape index (κ1) is 14.3. The van der Waals surface area contributed by atoms with Crippen LogP contribution >= 0.6 is 15.9 Å². The van der Waals surface area contributed by atoms with Crippen molar-refractivity contribution >= 4 is 39.5 Å². The number of hydrogen-bond acceptors (Lipinski definition) is 3. The minimum absolute atomic E-state index is 0.0720. The second-order valence-electron chi connectivity index (χ2n) is 4.52. The van der Waals surface area contributed by atoms with Crippen LogP contribution in [0, 0.1) is 0 Å². The maximum atomic E-state index is 12.3. The van der Waals surface area contributed by atoms with E-state index in [2.05, 4.69) is 21.4 Å². The molecule has 0 saturated carbocycles. The first-order chi connectivity index (χ1) is 10.6. The summed E-state index contributed by atoms with van der Waals surface area (Å²) in [5.74, 6) is -0.187. The molecule has 3 rings (SSSR count). The Morgan fingerprint density at radius 1 is 1.18 bits per heavy atom. The molecule has 0 spiro atoms. The highest BCUT2D eigenvalue weighted by Crippen LogP contribution is 2.23. The SMILES string of the molecule is O=C1NN(c2cccc(Br)c2)C(=O)C1=CC=Cc1ccco1. The van der Waals surface area contributed by atoms with E-state index in [0.29, 0.717) is 11.4 Å². The summed E-state index contributed by atoms with van der Waals surface area (Å²) in [4.78, 5) is 24.3. The van der Waals surface area contributed by atoms with Crippen molar-refractivity contribution in [3.63, 3.8) is 0 Å². The molecule has 0 unspecified atom stereocenters. The van der Waals surface area contributed by atoms with Gasteiger partial charge in [0.05, 0.1) is 12.0 Å². The summed E-state index contributed by atoms with van der Waals surface area (Å²) in [5, 5.41) is 1.22. The molecule has 2 aromatic rings. The lowest BCUT2D eigenvalue weighted by atomic mass is 10.2. The van der Waals surface area contributed by atoms with Gasteiger partial charge in [0.1, 0.15) is 11.3 Å². The van der Waals surface area contributed by atoms with E-state index in [0.717, 1.165) is 4.47 Å². The van der Waals surface area contributed by atoms with Gasteiger partial charge in [0.15, 0.2) is 0 Å². The summed E-state index contributed by atoms with van der Waals surface area (Å²) >= 11 is 3.34. The Morgan fingerprint density at radius 2 is 2.05 bits per heavy atom. The maximum absolute atomic E-state index is 12.3. The number of halogens is 1. The van der Waals surface area contributed by atoms with Crippen molar-refractivity contribution in [2.24, 2.45) is 0 Å². The summed E-state index contributed by atoms with van der Waals surface area (Å²) < 4.78 is 5.96. The Hall–Kier alpha value is -2.60. The molecule has 2 amide bonds. The third kappa shape index (κ3) is 2.87. The van der Waals surface area contributed by atoms with Crippen molar-refractivity contribution in [3.05, 3.63) is 70.6 Å². The van der Waals surface area contributed by atoms with Crippen LogP contribution in [0.25, 0.3) is 6.08 Å². The highest BCUT2D eigenvalue weighted by atomic mass is 79.9. The van der Waals surface area contributed by atoms with Gasteiger partial charge in [0.2, 0.25) is 0 Å². The molecule has 1 saturated heterocycles. The van der Waals surface area contributed by atoms with Gasteiger partial charge in [-0.05, 0) is 42.5 Å². The quantitative estimate of drug-likeness (QED) is 0.677. The van der Waals surface area contributed by atoms with Gasteiger partial charge >= 0.3 is 0 Å². The van der Waals surface area contributed by atoms with Gasteiger partial charge in [-0.2, -0.15) is 0 Å². The zero-order valence-corrected chi connectivity index (χ0v) is 12.9. The minimum atomic E-state index is -0.436. The third-order valence-corrected chi connectivity index (χ3v) is 3.52. The van der Waals surface area contributed by atoms with Gasteiger partial charge in [-0.25, -0.2) is 5.01 Å². The van der Waals surface area contributed by atoms with Gasteiger partial charge in [-0.1, -0.05) is 28.1 Å². The lowest BCUT2D eigenvalue weighted by Gasteiger charge is -2.14. The molecule has 6 heteroatoms. The van der Waals surface area contributed by atoms with Crippen molar-refractivity contribution in [1.82, 2.24) is 5.43 Å². The van der Waals surface area contributed by atoms with Crippen LogP contribution in [0.2, 0.25) is 0 Å². The number of amides is 2. The molecule has 1 aromatic carbocycles. The second-order valence-corrected chi connectivity index (χ2v) is 5.43. The van der Waals surface area contributed by atoms with E-state index in [9.17, 15) is 9.59 Å². The van der Waals surface area contributed by atoms with Crippen LogP contribution in [-0.4, -0.2) is 11.8 Å². The standard InChI is InChI=1S/C16H11BrN2O3/c17-11-4-1-5-12(10-11)19-16(21)14(15(20)18-19)8-2-6-13-7-3-9-22-13/h1-10H,(H,18,20). The number of furan rings is 1. The normalized spacial score (nSPS) is 16.8. The number of hydrogen-bond donors (Lipinski definition) is 1. The first-order valence-corrected chi connectivity index (χ1v) is 7.27. The maximum Gasteiger partial charge on any atom is 0.282 e. The fraction of sp³-hybridized carbons (Fsp3) is 0. The Balaban J connectivity index is 1.82. The zero-order chi connectivity index (χ0) is 15.5. The smallest absolute Gasteiger partial charge is 0.282 e. The number of carbonyl (C=O) groups is 2. The first-order valence-electron chi connectivity index (χ1n) is 6.48. The largest absolute Gasteiger partial charge is 0.465 e. The van der Waals surface area contributed by atoms with Crippen LogP contribution < -0.4 is 10.4 Å². The molecule has 1 fully saturated rings. The molecule has 1 aliphatic rings.